The van der Waals surface area contributed by atoms with E-state index in [-0.39, 0.29) is 0 Å². The van der Waals surface area contributed by atoms with E-state index in [0.717, 1.165) is 39.3 Å². The summed E-state index contributed by atoms with van der Waals surface area (Å²) in [6.07, 6.45) is 4.17. The molecule has 4 aromatic rings. The summed E-state index contributed by atoms with van der Waals surface area (Å²) in [6.45, 7) is 13.6. The molecule has 1 heterocycles. The fourth-order valence-corrected chi connectivity index (χ4v) is 4.59. The summed E-state index contributed by atoms with van der Waals surface area (Å²) in [7, 11) is -2.79. The van der Waals surface area contributed by atoms with E-state index in [4.69, 9.17) is 5.10 Å². The normalized spacial score (nSPS) is 11.5. The summed E-state index contributed by atoms with van der Waals surface area (Å²) >= 11 is 0. The molecule has 184 valence electrons. The Morgan fingerprint density at radius 1 is 0.649 bits per heavy atom. The third kappa shape index (κ3) is 7.82. The quantitative estimate of drug-likeness (QED) is 0.198. The Balaban J connectivity index is 1.63. The first kappa shape index (κ1) is 26.2. The van der Waals surface area contributed by atoms with E-state index in [1.54, 1.807) is 0 Å². The van der Waals surface area contributed by atoms with Gasteiger partial charge in [-0.3, -0.25) is 0 Å². The summed E-state index contributed by atoms with van der Waals surface area (Å²) in [4.78, 5) is 0. The van der Waals surface area contributed by atoms with E-state index in [2.05, 4.69) is 141 Å². The largest absolute Gasteiger partial charge is 0.233 e. The van der Waals surface area contributed by atoms with Crippen LogP contribution in [0.3, 0.4) is 0 Å². The van der Waals surface area contributed by atoms with Gasteiger partial charge >= 0.3 is 0 Å². The lowest BCUT2D eigenvalue weighted by Crippen LogP contribution is -2.16. The van der Waals surface area contributed by atoms with Gasteiger partial charge in [0, 0.05) is 16.7 Å². The molecule has 0 saturated heterocycles. The van der Waals surface area contributed by atoms with Crippen LogP contribution < -0.4 is 0 Å². The number of benzene rings is 3. The molecule has 4 heteroatoms. The number of aromatic nitrogens is 2. The van der Waals surface area contributed by atoms with Crippen LogP contribution in [0, 0.1) is 22.9 Å². The van der Waals surface area contributed by atoms with E-state index < -0.39 is 16.1 Å². The van der Waals surface area contributed by atoms with Crippen molar-refractivity contribution in [1.82, 2.24) is 9.78 Å². The van der Waals surface area contributed by atoms with Crippen molar-refractivity contribution in [3.63, 3.8) is 0 Å². The van der Waals surface area contributed by atoms with Crippen molar-refractivity contribution in [2.24, 2.45) is 0 Å². The summed E-state index contributed by atoms with van der Waals surface area (Å²) in [6, 6.07) is 29.3. The Morgan fingerprint density at radius 2 is 1.19 bits per heavy atom. The summed E-state index contributed by atoms with van der Waals surface area (Å²) < 4.78 is 2.01. The Bertz CT molecular complexity index is 1510. The highest BCUT2D eigenvalue weighted by atomic mass is 28.3. The molecule has 37 heavy (non-hydrogen) atoms. The Hall–Kier alpha value is -3.84. The lowest BCUT2D eigenvalue weighted by molar-refractivity contribution is 0.883. The molecular weight excluding hydrogens is 481 g/mol. The predicted octanol–water partition coefficient (Wildman–Crippen LogP) is 8.17. The number of hydrogen-bond acceptors (Lipinski definition) is 1. The fourth-order valence-electron chi connectivity index (χ4n) is 3.56. The van der Waals surface area contributed by atoms with Crippen LogP contribution >= 0.6 is 0 Å². The number of nitrogens with zero attached hydrogens (tertiary/aromatic N) is 2. The molecule has 2 nitrogen and oxygen atoms in total. The van der Waals surface area contributed by atoms with Gasteiger partial charge in [-0.25, -0.2) is 4.68 Å². The van der Waals surface area contributed by atoms with Gasteiger partial charge in [-0.15, -0.1) is 11.1 Å². The molecule has 0 aliphatic carbocycles. The van der Waals surface area contributed by atoms with Crippen LogP contribution in [0.2, 0.25) is 39.3 Å². The molecule has 0 bridgehead atoms. The first-order valence-electron chi connectivity index (χ1n) is 12.7. The molecule has 0 aliphatic rings. The second kappa shape index (κ2) is 11.1. The molecule has 0 saturated carbocycles. The van der Waals surface area contributed by atoms with Gasteiger partial charge in [0.25, 0.3) is 0 Å². The molecule has 0 aliphatic heterocycles. The van der Waals surface area contributed by atoms with Crippen molar-refractivity contribution in [1.29, 1.82) is 0 Å². The molecule has 0 radical (unpaired) electrons. The second-order valence-electron chi connectivity index (χ2n) is 11.2. The van der Waals surface area contributed by atoms with Crippen molar-refractivity contribution in [3.05, 3.63) is 107 Å². The zero-order chi connectivity index (χ0) is 26.5. The molecule has 4 rings (SSSR count). The van der Waals surface area contributed by atoms with Gasteiger partial charge in [0.15, 0.2) is 0 Å². The van der Waals surface area contributed by atoms with Crippen LogP contribution in [-0.2, 0) is 0 Å². The van der Waals surface area contributed by atoms with Crippen LogP contribution in [0.15, 0.2) is 84.9 Å². The summed E-state index contributed by atoms with van der Waals surface area (Å²) in [5, 5.41) is 4.93. The van der Waals surface area contributed by atoms with Crippen LogP contribution in [-0.4, -0.2) is 25.9 Å². The zero-order valence-electron chi connectivity index (χ0n) is 22.6. The van der Waals surface area contributed by atoms with Crippen molar-refractivity contribution in [3.8, 4) is 39.9 Å². The first-order chi connectivity index (χ1) is 17.6. The van der Waals surface area contributed by atoms with E-state index in [1.165, 1.54) is 0 Å². The SMILES string of the molecule is C[Si](C)(C)C#Cc1ccc(C=Cc2cc(-c3ccc(C#C[Si](C)(C)C)cc3)n(-c3ccccc3)n2)cc1. The van der Waals surface area contributed by atoms with Crippen LogP contribution in [0.1, 0.15) is 22.4 Å². The van der Waals surface area contributed by atoms with E-state index in [1.807, 2.05) is 22.9 Å². The molecule has 0 atom stereocenters. The third-order valence-corrected chi connectivity index (χ3v) is 7.18. The zero-order valence-corrected chi connectivity index (χ0v) is 24.6. The maximum atomic E-state index is 4.93. The number of rotatable bonds is 4. The molecule has 0 unspecified atom stereocenters. The van der Waals surface area contributed by atoms with Gasteiger partial charge in [0.1, 0.15) is 16.1 Å². The molecule has 0 spiro atoms. The average molecular weight is 515 g/mol. The highest BCUT2D eigenvalue weighted by Gasteiger charge is 2.11. The summed E-state index contributed by atoms with van der Waals surface area (Å²) in [5.41, 5.74) is 14.2. The highest BCUT2D eigenvalue weighted by Crippen LogP contribution is 2.25. The van der Waals surface area contributed by atoms with Gasteiger partial charge in [0.05, 0.1) is 17.1 Å². The topological polar surface area (TPSA) is 17.8 Å². The standard InChI is InChI=1S/C33H34N2Si2/c1-36(2,3)24-22-28-14-12-27(13-15-28)18-21-31-26-33(35(34-31)32-10-8-7-9-11-32)30-19-16-29(17-20-30)23-25-37(4,5)6/h7-21,26H,1-6H3. The Labute approximate surface area is 224 Å². The third-order valence-electron chi connectivity index (χ3n) is 5.43. The minimum atomic E-state index is -1.41. The van der Waals surface area contributed by atoms with E-state index >= 15 is 0 Å². The molecule has 3 aromatic carbocycles. The smallest absolute Gasteiger partial charge is 0.129 e. The van der Waals surface area contributed by atoms with Gasteiger partial charge in [-0.05, 0) is 54.1 Å². The minimum absolute atomic E-state index is 0.907. The molecular formula is C33H34N2Si2. The van der Waals surface area contributed by atoms with E-state index in [9.17, 15) is 0 Å². The van der Waals surface area contributed by atoms with Crippen LogP contribution in [0.4, 0.5) is 0 Å². The van der Waals surface area contributed by atoms with E-state index in [0.29, 0.717) is 0 Å². The van der Waals surface area contributed by atoms with Gasteiger partial charge in [-0.1, -0.05) is 99.7 Å². The molecule has 0 N–H and O–H groups in total. The van der Waals surface area contributed by atoms with Gasteiger partial charge < -0.3 is 0 Å². The van der Waals surface area contributed by atoms with Crippen LogP contribution in [0.25, 0.3) is 29.1 Å². The molecule has 0 amide bonds. The maximum absolute atomic E-state index is 4.93. The Kier molecular flexibility index (Phi) is 7.84. The van der Waals surface area contributed by atoms with Crippen molar-refractivity contribution in [2.45, 2.75) is 39.3 Å². The monoisotopic (exact) mass is 514 g/mol. The van der Waals surface area contributed by atoms with Gasteiger partial charge in [-0.2, -0.15) is 5.10 Å². The average Bonchev–Trinajstić information content (AvgIpc) is 3.30. The fraction of sp³-hybridized carbons (Fsp3) is 0.182. The van der Waals surface area contributed by atoms with Crippen molar-refractivity contribution in [2.75, 3.05) is 0 Å². The highest BCUT2D eigenvalue weighted by molar-refractivity contribution is 6.84. The predicted molar refractivity (Wildman–Crippen MR) is 165 cm³/mol. The second-order valence-corrected chi connectivity index (χ2v) is 20.7. The maximum Gasteiger partial charge on any atom is 0.129 e. The lowest BCUT2D eigenvalue weighted by atomic mass is 10.1. The van der Waals surface area contributed by atoms with Crippen molar-refractivity contribution >= 4 is 28.3 Å². The number of para-hydroxylation sites is 1. The Morgan fingerprint density at radius 3 is 1.73 bits per heavy atom. The van der Waals surface area contributed by atoms with Crippen LogP contribution in [0.5, 0.6) is 0 Å². The first-order valence-corrected chi connectivity index (χ1v) is 19.7. The summed E-state index contributed by atoms with van der Waals surface area (Å²) in [5.74, 6) is 6.66. The number of hydrogen-bond donors (Lipinski definition) is 0. The van der Waals surface area contributed by atoms with Crippen molar-refractivity contribution < 1.29 is 0 Å². The lowest BCUT2D eigenvalue weighted by Gasteiger charge is -2.08. The molecule has 0 fully saturated rings. The molecule has 1 aromatic heterocycles. The minimum Gasteiger partial charge on any atom is -0.233 e. The van der Waals surface area contributed by atoms with Gasteiger partial charge in [0.2, 0.25) is 0 Å².